The fourth-order valence-electron chi connectivity index (χ4n) is 2.54. The van der Waals surface area contributed by atoms with Crippen molar-refractivity contribution >= 4 is 29.0 Å². The van der Waals surface area contributed by atoms with Crippen LogP contribution in [0.4, 0.5) is 11.5 Å². The molecule has 0 aliphatic carbocycles. The number of carbonyl (C=O) groups excluding carboxylic acids is 1. The summed E-state index contributed by atoms with van der Waals surface area (Å²) in [6, 6.07) is 18.4. The molecule has 1 aromatic heterocycles. The van der Waals surface area contributed by atoms with Gasteiger partial charge in [-0.25, -0.2) is 4.98 Å². The van der Waals surface area contributed by atoms with Crippen molar-refractivity contribution in [1.29, 1.82) is 0 Å². The number of benzene rings is 2. The number of rotatable bonds is 7. The number of anilines is 2. The second kappa shape index (κ2) is 9.05. The first-order valence-corrected chi connectivity index (χ1v) is 8.91. The van der Waals surface area contributed by atoms with Gasteiger partial charge in [-0.1, -0.05) is 23.7 Å². The summed E-state index contributed by atoms with van der Waals surface area (Å²) in [5.41, 5.74) is 2.62. The largest absolute Gasteiger partial charge is 0.497 e. The van der Waals surface area contributed by atoms with E-state index in [1.165, 1.54) is 5.56 Å². The molecule has 2 N–H and O–H groups in total. The fraction of sp³-hybridized carbons (Fsp3) is 0.143. The molecule has 0 saturated carbocycles. The number of hydrogen-bond acceptors (Lipinski definition) is 4. The van der Waals surface area contributed by atoms with E-state index in [0.29, 0.717) is 16.4 Å². The number of nitrogens with zero attached hydrogens (tertiary/aromatic N) is 1. The van der Waals surface area contributed by atoms with E-state index in [2.05, 4.69) is 21.7 Å². The normalized spacial score (nSPS) is 10.3. The fourth-order valence-corrected chi connectivity index (χ4v) is 2.67. The minimum Gasteiger partial charge on any atom is -0.497 e. The number of halogens is 1. The van der Waals surface area contributed by atoms with Crippen LogP contribution < -0.4 is 15.4 Å². The van der Waals surface area contributed by atoms with Gasteiger partial charge in [0.05, 0.1) is 19.0 Å². The second-order valence-corrected chi connectivity index (χ2v) is 6.36. The first-order valence-electron chi connectivity index (χ1n) is 8.54. The van der Waals surface area contributed by atoms with Gasteiger partial charge in [0.15, 0.2) is 0 Å². The molecule has 1 amide bonds. The summed E-state index contributed by atoms with van der Waals surface area (Å²) in [6.07, 6.45) is 2.56. The van der Waals surface area contributed by atoms with Crippen molar-refractivity contribution in [2.24, 2.45) is 0 Å². The third-order valence-corrected chi connectivity index (χ3v) is 4.24. The van der Waals surface area contributed by atoms with Crippen molar-refractivity contribution < 1.29 is 9.53 Å². The highest BCUT2D eigenvalue weighted by Crippen LogP contribution is 2.15. The molecule has 0 saturated heterocycles. The Morgan fingerprint density at radius 1 is 1.11 bits per heavy atom. The molecule has 3 rings (SSSR count). The van der Waals surface area contributed by atoms with Gasteiger partial charge in [-0.05, 0) is 60.5 Å². The van der Waals surface area contributed by atoms with E-state index in [4.69, 9.17) is 16.3 Å². The third-order valence-electron chi connectivity index (χ3n) is 3.99. The van der Waals surface area contributed by atoms with E-state index in [-0.39, 0.29) is 5.91 Å². The van der Waals surface area contributed by atoms with Gasteiger partial charge in [-0.3, -0.25) is 4.79 Å². The summed E-state index contributed by atoms with van der Waals surface area (Å²) >= 11 is 5.83. The van der Waals surface area contributed by atoms with E-state index in [1.54, 1.807) is 43.6 Å². The molecule has 138 valence electrons. The Labute approximate surface area is 163 Å². The maximum Gasteiger partial charge on any atom is 0.256 e. The topological polar surface area (TPSA) is 63.2 Å². The summed E-state index contributed by atoms with van der Waals surface area (Å²) in [5.74, 6) is 1.13. The van der Waals surface area contributed by atoms with Crippen molar-refractivity contribution in [2.45, 2.75) is 6.42 Å². The smallest absolute Gasteiger partial charge is 0.256 e. The van der Waals surface area contributed by atoms with E-state index in [1.807, 2.05) is 24.3 Å². The molecule has 1 heterocycles. The van der Waals surface area contributed by atoms with Crippen LogP contribution in [0, 0.1) is 0 Å². The minimum atomic E-state index is -0.224. The maximum absolute atomic E-state index is 12.2. The van der Waals surface area contributed by atoms with Crippen LogP contribution >= 0.6 is 11.6 Å². The van der Waals surface area contributed by atoms with E-state index in [0.717, 1.165) is 24.4 Å². The van der Waals surface area contributed by atoms with Crippen LogP contribution in [0.25, 0.3) is 0 Å². The van der Waals surface area contributed by atoms with Gasteiger partial charge in [0.2, 0.25) is 0 Å². The molecule has 0 fully saturated rings. The van der Waals surface area contributed by atoms with Gasteiger partial charge in [0.25, 0.3) is 5.91 Å². The van der Waals surface area contributed by atoms with E-state index in [9.17, 15) is 4.79 Å². The zero-order chi connectivity index (χ0) is 19.1. The summed E-state index contributed by atoms with van der Waals surface area (Å²) < 4.78 is 5.23. The standard InChI is InChI=1S/C21H20ClN3O2/c1-27-19-4-2-3-15(13-19)11-12-23-18-9-10-20(24-14-18)25-21(26)16-5-7-17(22)8-6-16/h2-10,13-14,23H,11-12H2,1H3,(H,24,25,26). The molecule has 2 aromatic carbocycles. The Balaban J connectivity index is 1.51. The average molecular weight is 382 g/mol. The summed E-state index contributed by atoms with van der Waals surface area (Å²) in [6.45, 7) is 0.769. The number of carbonyl (C=O) groups is 1. The molecule has 0 atom stereocenters. The van der Waals surface area contributed by atoms with Crippen LogP contribution in [0.5, 0.6) is 5.75 Å². The zero-order valence-electron chi connectivity index (χ0n) is 14.9. The second-order valence-electron chi connectivity index (χ2n) is 5.92. The van der Waals surface area contributed by atoms with E-state index >= 15 is 0 Å². The highest BCUT2D eigenvalue weighted by molar-refractivity contribution is 6.30. The van der Waals surface area contributed by atoms with Gasteiger partial charge < -0.3 is 15.4 Å². The Hall–Kier alpha value is -3.05. The van der Waals surface area contributed by atoms with Gasteiger partial charge in [0.1, 0.15) is 11.6 Å². The Bertz CT molecular complexity index is 896. The molecule has 0 bridgehead atoms. The predicted octanol–water partition coefficient (Wildman–Crippen LogP) is 4.65. The van der Waals surface area contributed by atoms with Crippen LogP contribution in [0.3, 0.4) is 0 Å². The van der Waals surface area contributed by atoms with Crippen molar-refractivity contribution in [2.75, 3.05) is 24.3 Å². The number of ether oxygens (including phenoxy) is 1. The van der Waals surface area contributed by atoms with Crippen LogP contribution in [-0.2, 0) is 6.42 Å². The predicted molar refractivity (Wildman–Crippen MR) is 109 cm³/mol. The lowest BCUT2D eigenvalue weighted by Gasteiger charge is -2.09. The molecule has 0 aliphatic rings. The van der Waals surface area contributed by atoms with Gasteiger partial charge in [0, 0.05) is 17.1 Å². The monoisotopic (exact) mass is 381 g/mol. The number of hydrogen-bond donors (Lipinski definition) is 2. The molecule has 0 unspecified atom stereocenters. The van der Waals surface area contributed by atoms with Crippen molar-refractivity contribution in [1.82, 2.24) is 4.98 Å². The maximum atomic E-state index is 12.2. The summed E-state index contributed by atoms with van der Waals surface area (Å²) in [7, 11) is 1.66. The summed E-state index contributed by atoms with van der Waals surface area (Å²) in [4.78, 5) is 16.4. The molecular weight excluding hydrogens is 362 g/mol. The number of aromatic nitrogens is 1. The molecular formula is C21H20ClN3O2. The van der Waals surface area contributed by atoms with Crippen LogP contribution in [0.2, 0.25) is 5.02 Å². The lowest BCUT2D eigenvalue weighted by atomic mass is 10.1. The Kier molecular flexibility index (Phi) is 6.28. The molecule has 6 heteroatoms. The zero-order valence-corrected chi connectivity index (χ0v) is 15.7. The lowest BCUT2D eigenvalue weighted by molar-refractivity contribution is 0.102. The quantitative estimate of drug-likeness (QED) is 0.625. The highest BCUT2D eigenvalue weighted by Gasteiger charge is 2.06. The van der Waals surface area contributed by atoms with E-state index < -0.39 is 0 Å². The number of methoxy groups -OCH3 is 1. The SMILES string of the molecule is COc1cccc(CCNc2ccc(NC(=O)c3ccc(Cl)cc3)nc2)c1. The summed E-state index contributed by atoms with van der Waals surface area (Å²) in [5, 5.41) is 6.67. The number of pyridine rings is 1. The van der Waals surface area contributed by atoms with Crippen molar-refractivity contribution in [3.63, 3.8) is 0 Å². The Morgan fingerprint density at radius 2 is 1.93 bits per heavy atom. The molecule has 27 heavy (non-hydrogen) atoms. The van der Waals surface area contributed by atoms with Gasteiger partial charge in [-0.2, -0.15) is 0 Å². The van der Waals surface area contributed by atoms with Crippen molar-refractivity contribution in [3.05, 3.63) is 83.0 Å². The molecule has 0 spiro atoms. The van der Waals surface area contributed by atoms with Crippen molar-refractivity contribution in [3.8, 4) is 5.75 Å². The number of amides is 1. The molecule has 5 nitrogen and oxygen atoms in total. The lowest BCUT2D eigenvalue weighted by Crippen LogP contribution is -2.13. The molecule has 3 aromatic rings. The van der Waals surface area contributed by atoms with Crippen LogP contribution in [0.1, 0.15) is 15.9 Å². The van der Waals surface area contributed by atoms with Crippen LogP contribution in [-0.4, -0.2) is 24.5 Å². The van der Waals surface area contributed by atoms with Gasteiger partial charge in [-0.15, -0.1) is 0 Å². The van der Waals surface area contributed by atoms with Crippen LogP contribution in [0.15, 0.2) is 66.9 Å². The number of nitrogens with one attached hydrogen (secondary N) is 2. The Morgan fingerprint density at radius 3 is 2.63 bits per heavy atom. The molecule has 0 radical (unpaired) electrons. The average Bonchev–Trinajstić information content (AvgIpc) is 2.70. The first kappa shape index (κ1) is 18.7. The first-order chi connectivity index (χ1) is 13.1. The van der Waals surface area contributed by atoms with Gasteiger partial charge >= 0.3 is 0 Å². The highest BCUT2D eigenvalue weighted by atomic mass is 35.5. The molecule has 0 aliphatic heterocycles. The minimum absolute atomic E-state index is 0.224. The third kappa shape index (κ3) is 5.46.